The van der Waals surface area contributed by atoms with E-state index in [2.05, 4.69) is 49.1 Å². The number of nitrogens with one attached hydrogen (secondary N) is 1. The van der Waals surface area contributed by atoms with E-state index >= 15 is 0 Å². The lowest BCUT2D eigenvalue weighted by molar-refractivity contribution is 0.502. The van der Waals surface area contributed by atoms with Crippen LogP contribution in [0.5, 0.6) is 0 Å². The zero-order chi connectivity index (χ0) is 20.1. The predicted molar refractivity (Wildman–Crippen MR) is 109 cm³/mol. The Morgan fingerprint density at radius 1 is 1.13 bits per heavy atom. The maximum absolute atomic E-state index is 6.02. The van der Waals surface area contributed by atoms with Gasteiger partial charge in [0.2, 0.25) is 0 Å². The number of imidazole rings is 1. The molecule has 1 aliphatic heterocycles. The Hall–Kier alpha value is -4.01. The van der Waals surface area contributed by atoms with Gasteiger partial charge < -0.3 is 14.3 Å². The molecule has 0 radical (unpaired) electrons. The minimum Gasteiger partial charge on any atom is -0.402 e. The molecule has 5 aromatic heterocycles. The lowest BCUT2D eigenvalue weighted by atomic mass is 10.00. The van der Waals surface area contributed by atoms with Gasteiger partial charge in [-0.2, -0.15) is 5.10 Å². The van der Waals surface area contributed by atoms with Gasteiger partial charge in [-0.25, -0.2) is 9.50 Å². The van der Waals surface area contributed by atoms with Gasteiger partial charge in [-0.05, 0) is 36.8 Å². The molecule has 9 nitrogen and oxygen atoms in total. The van der Waals surface area contributed by atoms with Crippen LogP contribution in [0.25, 0.3) is 17.1 Å². The summed E-state index contributed by atoms with van der Waals surface area (Å²) in [5.41, 5.74) is 5.80. The van der Waals surface area contributed by atoms with E-state index in [9.17, 15) is 0 Å². The van der Waals surface area contributed by atoms with Crippen molar-refractivity contribution in [1.29, 1.82) is 0 Å². The van der Waals surface area contributed by atoms with E-state index in [0.717, 1.165) is 34.6 Å². The van der Waals surface area contributed by atoms with E-state index in [-0.39, 0.29) is 6.04 Å². The third-order valence-electron chi connectivity index (χ3n) is 5.48. The number of fused-ring (bicyclic) bond motifs is 2. The van der Waals surface area contributed by atoms with Gasteiger partial charge in [0.25, 0.3) is 5.89 Å². The van der Waals surface area contributed by atoms with E-state index < -0.39 is 0 Å². The number of H-pyrrole nitrogens is 1. The number of nitrogens with zero attached hydrogens (tertiary/aromatic N) is 7. The monoisotopic (exact) mass is 398 g/mol. The van der Waals surface area contributed by atoms with E-state index in [1.165, 1.54) is 0 Å². The zero-order valence-electron chi connectivity index (χ0n) is 16.2. The SMILES string of the molecule is Cc1cccn2nc(C3c4nc[nH]c4CCN3c3nnc(-c4ccccn4)o3)cc12. The lowest BCUT2D eigenvalue weighted by Crippen LogP contribution is -2.36. The summed E-state index contributed by atoms with van der Waals surface area (Å²) in [6, 6.07) is 12.0. The van der Waals surface area contributed by atoms with Crippen LogP contribution in [0.3, 0.4) is 0 Å². The number of aryl methyl sites for hydroxylation is 1. The maximum atomic E-state index is 6.02. The number of anilines is 1. The van der Waals surface area contributed by atoms with Crippen molar-refractivity contribution in [1.82, 2.24) is 34.8 Å². The van der Waals surface area contributed by atoms with Gasteiger partial charge >= 0.3 is 6.01 Å². The van der Waals surface area contributed by atoms with Crippen LogP contribution in [0.15, 0.2) is 59.5 Å². The van der Waals surface area contributed by atoms with E-state index in [1.54, 1.807) is 12.5 Å². The molecule has 0 aliphatic carbocycles. The van der Waals surface area contributed by atoms with Crippen LogP contribution in [0.4, 0.5) is 6.01 Å². The first-order chi connectivity index (χ1) is 14.8. The molecule has 0 amide bonds. The number of pyridine rings is 2. The molecule has 0 saturated carbocycles. The summed E-state index contributed by atoms with van der Waals surface area (Å²) in [6.07, 6.45) is 6.20. The highest BCUT2D eigenvalue weighted by molar-refractivity contribution is 5.57. The molecular weight excluding hydrogens is 380 g/mol. The Balaban J connectivity index is 1.46. The van der Waals surface area contributed by atoms with Gasteiger partial charge in [0.15, 0.2) is 0 Å². The highest BCUT2D eigenvalue weighted by Crippen LogP contribution is 2.37. The molecule has 1 aliphatic rings. The molecule has 1 N–H and O–H groups in total. The zero-order valence-corrected chi connectivity index (χ0v) is 16.2. The summed E-state index contributed by atoms with van der Waals surface area (Å²) in [6.45, 7) is 2.78. The van der Waals surface area contributed by atoms with Crippen molar-refractivity contribution >= 4 is 11.5 Å². The molecule has 0 saturated heterocycles. The minimum absolute atomic E-state index is 0.226. The van der Waals surface area contributed by atoms with Crippen molar-refractivity contribution < 1.29 is 4.42 Å². The number of hydrogen-bond donors (Lipinski definition) is 1. The van der Waals surface area contributed by atoms with Crippen molar-refractivity contribution in [2.75, 3.05) is 11.4 Å². The topological polar surface area (TPSA) is 101 Å². The average Bonchev–Trinajstić information content (AvgIpc) is 3.52. The van der Waals surface area contributed by atoms with Crippen molar-refractivity contribution in [3.05, 3.63) is 77.8 Å². The summed E-state index contributed by atoms with van der Waals surface area (Å²) in [7, 11) is 0. The first kappa shape index (κ1) is 16.9. The van der Waals surface area contributed by atoms with Gasteiger partial charge in [0.1, 0.15) is 11.7 Å². The molecular formula is C21H18N8O. The summed E-state index contributed by atoms with van der Waals surface area (Å²) in [5.74, 6) is 0.392. The van der Waals surface area contributed by atoms with E-state index in [0.29, 0.717) is 24.1 Å². The molecule has 5 aromatic rings. The van der Waals surface area contributed by atoms with Crippen LogP contribution in [-0.4, -0.2) is 41.3 Å². The third-order valence-corrected chi connectivity index (χ3v) is 5.48. The number of aromatic nitrogens is 7. The van der Waals surface area contributed by atoms with Gasteiger partial charge in [-0.15, -0.1) is 5.10 Å². The minimum atomic E-state index is -0.226. The summed E-state index contributed by atoms with van der Waals surface area (Å²) in [4.78, 5) is 14.2. The molecule has 6 heterocycles. The fraction of sp³-hybridized carbons (Fsp3) is 0.190. The van der Waals surface area contributed by atoms with Crippen molar-refractivity contribution in [2.24, 2.45) is 0 Å². The van der Waals surface area contributed by atoms with Crippen LogP contribution < -0.4 is 4.90 Å². The molecule has 0 aromatic carbocycles. The largest absolute Gasteiger partial charge is 0.402 e. The number of rotatable bonds is 3. The van der Waals surface area contributed by atoms with Gasteiger partial charge in [-0.3, -0.25) is 4.98 Å². The van der Waals surface area contributed by atoms with Gasteiger partial charge in [0, 0.05) is 31.1 Å². The number of aromatic amines is 1. The Morgan fingerprint density at radius 2 is 2.10 bits per heavy atom. The fourth-order valence-electron chi connectivity index (χ4n) is 4.02. The van der Waals surface area contributed by atoms with Gasteiger partial charge in [0.05, 0.1) is 23.2 Å². The summed E-state index contributed by atoms with van der Waals surface area (Å²) < 4.78 is 7.92. The summed E-state index contributed by atoms with van der Waals surface area (Å²) >= 11 is 0. The molecule has 30 heavy (non-hydrogen) atoms. The van der Waals surface area contributed by atoms with Crippen molar-refractivity contribution in [3.8, 4) is 11.6 Å². The highest BCUT2D eigenvalue weighted by atomic mass is 16.4. The third kappa shape index (κ3) is 2.59. The second-order valence-corrected chi connectivity index (χ2v) is 7.31. The second kappa shape index (κ2) is 6.51. The second-order valence-electron chi connectivity index (χ2n) is 7.31. The molecule has 1 atom stereocenters. The molecule has 9 heteroatoms. The molecule has 1 unspecified atom stereocenters. The standard InChI is InChI=1S/C21H18N8O/c1-13-5-4-9-29-17(13)11-16(27-29)19-18-14(23-12-24-18)7-10-28(19)21-26-25-20(30-21)15-6-2-3-8-22-15/h2-6,8-9,11-12,19H,7,10H2,1H3,(H,23,24). The van der Waals surface area contributed by atoms with E-state index in [1.807, 2.05) is 35.0 Å². The quantitative estimate of drug-likeness (QED) is 0.498. The van der Waals surface area contributed by atoms with Crippen LogP contribution >= 0.6 is 0 Å². The maximum Gasteiger partial charge on any atom is 0.319 e. The Kier molecular flexibility index (Phi) is 3.67. The normalized spacial score (nSPS) is 16.2. The highest BCUT2D eigenvalue weighted by Gasteiger charge is 2.36. The fourth-order valence-corrected chi connectivity index (χ4v) is 4.02. The van der Waals surface area contributed by atoms with Crippen molar-refractivity contribution in [3.63, 3.8) is 0 Å². The first-order valence-electron chi connectivity index (χ1n) is 9.76. The smallest absolute Gasteiger partial charge is 0.319 e. The van der Waals surface area contributed by atoms with Crippen LogP contribution in [0.2, 0.25) is 0 Å². The molecule has 0 spiro atoms. The average molecular weight is 398 g/mol. The lowest BCUT2D eigenvalue weighted by Gasteiger charge is -2.32. The molecule has 6 rings (SSSR count). The van der Waals surface area contributed by atoms with E-state index in [4.69, 9.17) is 9.52 Å². The van der Waals surface area contributed by atoms with Crippen LogP contribution in [-0.2, 0) is 6.42 Å². The Bertz CT molecular complexity index is 1340. The Morgan fingerprint density at radius 3 is 2.97 bits per heavy atom. The molecule has 0 fully saturated rings. The Labute approximate surface area is 171 Å². The first-order valence-corrected chi connectivity index (χ1v) is 9.76. The van der Waals surface area contributed by atoms with Gasteiger partial charge in [-0.1, -0.05) is 17.2 Å². The molecule has 0 bridgehead atoms. The van der Waals surface area contributed by atoms with Crippen molar-refractivity contribution in [2.45, 2.75) is 19.4 Å². The van der Waals surface area contributed by atoms with Crippen LogP contribution in [0, 0.1) is 6.92 Å². The summed E-state index contributed by atoms with van der Waals surface area (Å²) in [5, 5.41) is 13.4. The van der Waals surface area contributed by atoms with Crippen LogP contribution in [0.1, 0.15) is 28.7 Å². The predicted octanol–water partition coefficient (Wildman–Crippen LogP) is 2.96. The number of hydrogen-bond acceptors (Lipinski definition) is 7. The molecule has 148 valence electrons.